The van der Waals surface area contributed by atoms with Crippen molar-refractivity contribution in [2.75, 3.05) is 18.7 Å². The SMILES string of the molecule is CC(C)(C)OC(=O)N1C2CCC1CC(c1cc(NCOCC[Si](C)(C)C)n3ncc(-c4ccc(C(C)(C)O)nc4)c3n1)C2. The lowest BCUT2D eigenvalue weighted by Gasteiger charge is -2.39. The molecular weight excluding hydrogens is 560 g/mol. The molecule has 2 bridgehead atoms. The highest BCUT2D eigenvalue weighted by molar-refractivity contribution is 6.76. The second-order valence-corrected chi connectivity index (χ2v) is 20.5. The highest BCUT2D eigenvalue weighted by atomic mass is 28.3. The highest BCUT2D eigenvalue weighted by Gasteiger charge is 2.45. The topological polar surface area (TPSA) is 114 Å². The summed E-state index contributed by atoms with van der Waals surface area (Å²) in [6.45, 7) is 17.3. The van der Waals surface area contributed by atoms with E-state index in [1.165, 1.54) is 0 Å². The number of amides is 1. The second-order valence-electron chi connectivity index (χ2n) is 14.8. The number of nitrogens with zero attached hydrogens (tertiary/aromatic N) is 5. The van der Waals surface area contributed by atoms with E-state index in [-0.39, 0.29) is 24.1 Å². The fourth-order valence-electron chi connectivity index (χ4n) is 6.04. The predicted molar refractivity (Wildman–Crippen MR) is 171 cm³/mol. The first-order valence-electron chi connectivity index (χ1n) is 15.5. The molecule has 0 spiro atoms. The van der Waals surface area contributed by atoms with Crippen molar-refractivity contribution in [1.82, 2.24) is 24.5 Å². The number of rotatable bonds is 9. The number of nitrogens with one attached hydrogen (secondary N) is 1. The maximum Gasteiger partial charge on any atom is 0.410 e. The second kappa shape index (κ2) is 11.8. The number of hydrogen-bond donors (Lipinski definition) is 2. The van der Waals surface area contributed by atoms with Gasteiger partial charge in [0.1, 0.15) is 23.8 Å². The molecule has 2 aliphatic rings. The number of aliphatic hydroxyl groups is 1. The number of hydrogen-bond acceptors (Lipinski definition) is 8. The van der Waals surface area contributed by atoms with E-state index >= 15 is 0 Å². The summed E-state index contributed by atoms with van der Waals surface area (Å²) in [6, 6.07) is 7.27. The van der Waals surface area contributed by atoms with Gasteiger partial charge in [0.25, 0.3) is 0 Å². The van der Waals surface area contributed by atoms with Gasteiger partial charge in [-0.15, -0.1) is 0 Å². The zero-order valence-corrected chi connectivity index (χ0v) is 28.0. The lowest BCUT2D eigenvalue weighted by atomic mass is 9.88. The number of aromatic nitrogens is 4. The maximum absolute atomic E-state index is 13.1. The van der Waals surface area contributed by atoms with Gasteiger partial charge < -0.3 is 24.8 Å². The van der Waals surface area contributed by atoms with E-state index in [0.717, 1.165) is 66.6 Å². The Kier molecular flexibility index (Phi) is 8.63. The molecule has 2 saturated heterocycles. The van der Waals surface area contributed by atoms with Crippen LogP contribution in [0.3, 0.4) is 0 Å². The standard InChI is InChI=1S/C32H48N6O4Si/c1-31(2,3)42-30(39)37-23-10-11-24(37)16-22(15-23)26-17-28(34-20-41-13-14-43(6,7)8)38-29(36-26)25(19-35-38)21-9-12-27(33-18-21)32(4,5)40/h9,12,17-19,22-24,34,40H,10-11,13-16,20H2,1-8H3. The van der Waals surface area contributed by atoms with Crippen LogP contribution in [0.1, 0.15) is 77.6 Å². The number of carbonyl (C=O) groups excluding carboxylic acids is 1. The van der Waals surface area contributed by atoms with Crippen molar-refractivity contribution in [3.63, 3.8) is 0 Å². The van der Waals surface area contributed by atoms with E-state index in [4.69, 9.17) is 19.6 Å². The number of fused-ring (bicyclic) bond motifs is 3. The predicted octanol–water partition coefficient (Wildman–Crippen LogP) is 6.39. The molecule has 5 heterocycles. The molecule has 2 aliphatic heterocycles. The summed E-state index contributed by atoms with van der Waals surface area (Å²) in [6.07, 6.45) is 7.03. The summed E-state index contributed by atoms with van der Waals surface area (Å²) in [5, 5.41) is 18.5. The third-order valence-electron chi connectivity index (χ3n) is 8.30. The Hall–Kier alpha value is -3.02. The molecule has 2 unspecified atom stereocenters. The van der Waals surface area contributed by atoms with Crippen molar-refractivity contribution in [3.8, 4) is 11.1 Å². The van der Waals surface area contributed by atoms with E-state index in [2.05, 4.69) is 36.0 Å². The Morgan fingerprint density at radius 2 is 1.79 bits per heavy atom. The van der Waals surface area contributed by atoms with Crippen molar-refractivity contribution in [2.45, 2.75) is 115 Å². The average molecular weight is 609 g/mol. The minimum Gasteiger partial charge on any atom is -0.444 e. The van der Waals surface area contributed by atoms with Crippen LogP contribution >= 0.6 is 0 Å². The number of pyridine rings is 1. The van der Waals surface area contributed by atoms with Gasteiger partial charge in [0.15, 0.2) is 5.65 Å². The molecule has 2 N–H and O–H groups in total. The molecule has 2 atom stereocenters. The molecule has 3 aromatic rings. The Bertz CT molecular complexity index is 1420. The lowest BCUT2D eigenvalue weighted by Crippen LogP contribution is -2.48. The first kappa shape index (κ1) is 31.4. The summed E-state index contributed by atoms with van der Waals surface area (Å²) >= 11 is 0. The van der Waals surface area contributed by atoms with Crippen LogP contribution in [0.25, 0.3) is 16.8 Å². The number of ether oxygens (including phenoxy) is 2. The first-order valence-corrected chi connectivity index (χ1v) is 19.2. The minimum absolute atomic E-state index is 0.140. The largest absolute Gasteiger partial charge is 0.444 e. The molecule has 1 amide bonds. The molecule has 0 saturated carbocycles. The van der Waals surface area contributed by atoms with Crippen LogP contribution in [0.15, 0.2) is 30.6 Å². The van der Waals surface area contributed by atoms with Crippen LogP contribution < -0.4 is 5.32 Å². The van der Waals surface area contributed by atoms with Gasteiger partial charge in [0.05, 0.1) is 11.9 Å². The lowest BCUT2D eigenvalue weighted by molar-refractivity contribution is 0.00569. The molecule has 0 radical (unpaired) electrons. The van der Waals surface area contributed by atoms with Crippen LogP contribution in [0, 0.1) is 0 Å². The molecule has 5 rings (SSSR count). The van der Waals surface area contributed by atoms with E-state index in [1.807, 2.05) is 48.5 Å². The van der Waals surface area contributed by atoms with E-state index in [0.29, 0.717) is 12.4 Å². The summed E-state index contributed by atoms with van der Waals surface area (Å²) in [7, 11) is -1.19. The fourth-order valence-corrected chi connectivity index (χ4v) is 6.80. The van der Waals surface area contributed by atoms with Gasteiger partial charge in [0.2, 0.25) is 0 Å². The smallest absolute Gasteiger partial charge is 0.410 e. The molecule has 10 nitrogen and oxygen atoms in total. The van der Waals surface area contributed by atoms with Gasteiger partial charge in [-0.2, -0.15) is 9.61 Å². The number of anilines is 1. The van der Waals surface area contributed by atoms with Crippen LogP contribution in [0.2, 0.25) is 25.7 Å². The molecule has 2 fully saturated rings. The molecule has 3 aromatic heterocycles. The van der Waals surface area contributed by atoms with Crippen molar-refractivity contribution >= 4 is 25.6 Å². The van der Waals surface area contributed by atoms with Gasteiger partial charge in [0, 0.05) is 61.8 Å². The zero-order valence-electron chi connectivity index (χ0n) is 27.0. The monoisotopic (exact) mass is 608 g/mol. The molecule has 0 aromatic carbocycles. The third kappa shape index (κ3) is 7.38. The maximum atomic E-state index is 13.1. The summed E-state index contributed by atoms with van der Waals surface area (Å²) in [4.78, 5) is 24.7. The Morgan fingerprint density at radius 3 is 2.37 bits per heavy atom. The first-order chi connectivity index (χ1) is 20.1. The highest BCUT2D eigenvalue weighted by Crippen LogP contribution is 2.44. The number of carbonyl (C=O) groups is 1. The third-order valence-corrected chi connectivity index (χ3v) is 10.0. The van der Waals surface area contributed by atoms with Crippen LogP contribution in [-0.2, 0) is 15.1 Å². The van der Waals surface area contributed by atoms with Crippen molar-refractivity contribution < 1.29 is 19.4 Å². The number of piperidine rings is 1. The van der Waals surface area contributed by atoms with E-state index in [1.54, 1.807) is 20.0 Å². The Balaban J connectivity index is 1.44. The van der Waals surface area contributed by atoms with Crippen LogP contribution in [0.4, 0.5) is 10.6 Å². The van der Waals surface area contributed by atoms with Gasteiger partial charge in [-0.25, -0.2) is 9.78 Å². The van der Waals surface area contributed by atoms with E-state index < -0.39 is 19.3 Å². The summed E-state index contributed by atoms with van der Waals surface area (Å²) < 4.78 is 13.6. The van der Waals surface area contributed by atoms with Crippen LogP contribution in [0.5, 0.6) is 0 Å². The minimum atomic E-state index is -1.19. The van der Waals surface area contributed by atoms with Crippen molar-refractivity contribution in [2.24, 2.45) is 0 Å². The van der Waals surface area contributed by atoms with Gasteiger partial charge in [-0.1, -0.05) is 25.7 Å². The van der Waals surface area contributed by atoms with Gasteiger partial charge >= 0.3 is 6.09 Å². The van der Waals surface area contributed by atoms with E-state index in [9.17, 15) is 9.90 Å². The summed E-state index contributed by atoms with van der Waals surface area (Å²) in [5.41, 5.74) is 2.54. The fraction of sp³-hybridized carbons (Fsp3) is 0.625. The van der Waals surface area contributed by atoms with Gasteiger partial charge in [-0.05, 0) is 72.4 Å². The average Bonchev–Trinajstić information content (AvgIpc) is 3.44. The zero-order chi connectivity index (χ0) is 31.2. The molecule has 0 aliphatic carbocycles. The molecule has 43 heavy (non-hydrogen) atoms. The molecule has 234 valence electrons. The van der Waals surface area contributed by atoms with Crippen LogP contribution in [-0.4, -0.2) is 74.8 Å². The van der Waals surface area contributed by atoms with Gasteiger partial charge in [-0.3, -0.25) is 4.98 Å². The quantitative estimate of drug-likeness (QED) is 0.163. The van der Waals surface area contributed by atoms with Crippen molar-refractivity contribution in [1.29, 1.82) is 0 Å². The molecule has 11 heteroatoms. The Labute approximate surface area is 256 Å². The molecular formula is C32H48N6O4Si. The summed E-state index contributed by atoms with van der Waals surface area (Å²) in [5.74, 6) is 1.02. The van der Waals surface area contributed by atoms with Crippen molar-refractivity contribution in [3.05, 3.63) is 42.0 Å². The normalized spacial score (nSPS) is 21.0. The Morgan fingerprint density at radius 1 is 1.09 bits per heavy atom.